The molecule has 1 saturated heterocycles. The summed E-state index contributed by atoms with van der Waals surface area (Å²) in [6, 6.07) is 7.43. The number of amides is 1. The number of benzene rings is 1. The van der Waals surface area contributed by atoms with Gasteiger partial charge < -0.3 is 15.0 Å². The summed E-state index contributed by atoms with van der Waals surface area (Å²) >= 11 is 0. The van der Waals surface area contributed by atoms with E-state index < -0.39 is 4.92 Å². The van der Waals surface area contributed by atoms with Crippen LogP contribution in [-0.2, 0) is 11.3 Å². The van der Waals surface area contributed by atoms with Crippen molar-refractivity contribution in [2.75, 3.05) is 26.7 Å². The lowest BCUT2D eigenvalue weighted by Gasteiger charge is -2.37. The number of piperazine rings is 1. The Labute approximate surface area is 144 Å². The first kappa shape index (κ1) is 16.9. The van der Waals surface area contributed by atoms with Gasteiger partial charge in [-0.1, -0.05) is 18.2 Å². The molecule has 3 rings (SSSR count). The Bertz CT molecular complexity index is 775. The van der Waals surface area contributed by atoms with Crippen molar-refractivity contribution in [2.24, 2.45) is 0 Å². The SMILES string of the molecule is COc1ccccc1C1CNCCN1C(=O)Cn1cc([N+](=O)[O-])cn1. The number of nitrogens with zero attached hydrogens (tertiary/aromatic N) is 4. The lowest BCUT2D eigenvalue weighted by Crippen LogP contribution is -2.49. The summed E-state index contributed by atoms with van der Waals surface area (Å²) in [6.45, 7) is 1.81. The number of hydrogen-bond donors (Lipinski definition) is 1. The summed E-state index contributed by atoms with van der Waals surface area (Å²) < 4.78 is 6.71. The van der Waals surface area contributed by atoms with Crippen LogP contribution in [0.2, 0.25) is 0 Å². The van der Waals surface area contributed by atoms with Gasteiger partial charge in [-0.25, -0.2) is 0 Å². The van der Waals surface area contributed by atoms with E-state index in [1.165, 1.54) is 10.9 Å². The van der Waals surface area contributed by atoms with Crippen LogP contribution in [0.15, 0.2) is 36.7 Å². The quantitative estimate of drug-likeness (QED) is 0.640. The number of methoxy groups -OCH3 is 1. The second kappa shape index (κ2) is 7.31. The molecule has 0 saturated carbocycles. The molecule has 9 heteroatoms. The fraction of sp³-hybridized carbons (Fsp3) is 0.375. The van der Waals surface area contributed by atoms with E-state index in [-0.39, 0.29) is 24.2 Å². The van der Waals surface area contributed by atoms with E-state index in [9.17, 15) is 14.9 Å². The number of carbonyl (C=O) groups excluding carboxylic acids is 1. The first-order valence-corrected chi connectivity index (χ1v) is 7.90. The van der Waals surface area contributed by atoms with Crippen molar-refractivity contribution in [3.05, 3.63) is 52.3 Å². The molecule has 1 aromatic carbocycles. The molecule has 0 radical (unpaired) electrons. The van der Waals surface area contributed by atoms with Gasteiger partial charge >= 0.3 is 5.69 Å². The van der Waals surface area contributed by atoms with Crippen LogP contribution >= 0.6 is 0 Å². The highest BCUT2D eigenvalue weighted by molar-refractivity contribution is 5.77. The van der Waals surface area contributed by atoms with Gasteiger partial charge in [0.15, 0.2) is 0 Å². The number of nitrogens with one attached hydrogen (secondary N) is 1. The molecule has 25 heavy (non-hydrogen) atoms. The molecule has 132 valence electrons. The van der Waals surface area contributed by atoms with Crippen LogP contribution in [-0.4, -0.2) is 52.3 Å². The van der Waals surface area contributed by atoms with E-state index in [4.69, 9.17) is 4.74 Å². The van der Waals surface area contributed by atoms with Crippen LogP contribution in [0, 0.1) is 10.1 Å². The molecule has 1 amide bonds. The van der Waals surface area contributed by atoms with Crippen LogP contribution in [0.3, 0.4) is 0 Å². The maximum Gasteiger partial charge on any atom is 0.307 e. The van der Waals surface area contributed by atoms with Gasteiger partial charge in [0.25, 0.3) is 0 Å². The fourth-order valence-electron chi connectivity index (χ4n) is 2.99. The molecule has 2 heterocycles. The van der Waals surface area contributed by atoms with Gasteiger partial charge in [0, 0.05) is 25.2 Å². The highest BCUT2D eigenvalue weighted by atomic mass is 16.6. The summed E-state index contributed by atoms with van der Waals surface area (Å²) in [6.07, 6.45) is 2.40. The van der Waals surface area contributed by atoms with E-state index in [0.717, 1.165) is 17.5 Å². The second-order valence-electron chi connectivity index (χ2n) is 5.70. The Kier molecular flexibility index (Phi) is 4.94. The monoisotopic (exact) mass is 345 g/mol. The molecule has 0 aliphatic carbocycles. The summed E-state index contributed by atoms with van der Waals surface area (Å²) in [5, 5.41) is 17.9. The largest absolute Gasteiger partial charge is 0.496 e. The Balaban J connectivity index is 1.80. The Morgan fingerprint density at radius 2 is 2.28 bits per heavy atom. The van der Waals surface area contributed by atoms with Gasteiger partial charge in [-0.05, 0) is 6.07 Å². The van der Waals surface area contributed by atoms with Crippen molar-refractivity contribution < 1.29 is 14.5 Å². The molecule has 9 nitrogen and oxygen atoms in total. The second-order valence-corrected chi connectivity index (χ2v) is 5.70. The van der Waals surface area contributed by atoms with E-state index in [1.54, 1.807) is 12.0 Å². The van der Waals surface area contributed by atoms with E-state index in [0.29, 0.717) is 19.6 Å². The predicted molar refractivity (Wildman–Crippen MR) is 89.2 cm³/mol. The molecule has 2 aromatic rings. The van der Waals surface area contributed by atoms with Crippen molar-refractivity contribution in [1.82, 2.24) is 20.0 Å². The Hall–Kier alpha value is -2.94. The van der Waals surface area contributed by atoms with Gasteiger partial charge in [-0.3, -0.25) is 19.6 Å². The summed E-state index contributed by atoms with van der Waals surface area (Å²) in [4.78, 5) is 24.7. The maximum atomic E-state index is 12.8. The molecule has 1 aliphatic heterocycles. The van der Waals surface area contributed by atoms with Crippen LogP contribution in [0.5, 0.6) is 5.75 Å². The zero-order chi connectivity index (χ0) is 17.8. The lowest BCUT2D eigenvalue weighted by molar-refractivity contribution is -0.385. The van der Waals surface area contributed by atoms with Crippen LogP contribution in [0.25, 0.3) is 0 Å². The third-order valence-electron chi connectivity index (χ3n) is 4.19. The Morgan fingerprint density at radius 3 is 3.00 bits per heavy atom. The third kappa shape index (κ3) is 3.61. The van der Waals surface area contributed by atoms with Gasteiger partial charge in [0.2, 0.25) is 5.91 Å². The summed E-state index contributed by atoms with van der Waals surface area (Å²) in [5.74, 6) is 0.583. The number of para-hydroxylation sites is 1. The van der Waals surface area contributed by atoms with Crippen molar-refractivity contribution in [3.63, 3.8) is 0 Å². The van der Waals surface area contributed by atoms with Crippen molar-refractivity contribution in [1.29, 1.82) is 0 Å². The Morgan fingerprint density at radius 1 is 1.48 bits per heavy atom. The fourth-order valence-corrected chi connectivity index (χ4v) is 2.99. The van der Waals surface area contributed by atoms with Crippen molar-refractivity contribution >= 4 is 11.6 Å². The van der Waals surface area contributed by atoms with Crippen LogP contribution < -0.4 is 10.1 Å². The molecular weight excluding hydrogens is 326 g/mol. The molecular formula is C16H19N5O4. The molecule has 1 unspecified atom stereocenters. The number of aromatic nitrogens is 2. The highest BCUT2D eigenvalue weighted by Gasteiger charge is 2.30. The first-order valence-electron chi connectivity index (χ1n) is 7.90. The van der Waals surface area contributed by atoms with Gasteiger partial charge in [-0.2, -0.15) is 5.10 Å². The zero-order valence-electron chi connectivity index (χ0n) is 13.8. The van der Waals surface area contributed by atoms with E-state index in [2.05, 4.69) is 10.4 Å². The molecule has 1 aliphatic rings. The zero-order valence-corrected chi connectivity index (χ0v) is 13.8. The summed E-state index contributed by atoms with van der Waals surface area (Å²) in [5.41, 5.74) is 0.798. The van der Waals surface area contributed by atoms with Gasteiger partial charge in [0.1, 0.15) is 24.7 Å². The van der Waals surface area contributed by atoms with Crippen molar-refractivity contribution in [2.45, 2.75) is 12.6 Å². The normalized spacial score (nSPS) is 17.3. The highest BCUT2D eigenvalue weighted by Crippen LogP contribution is 2.30. The first-order chi connectivity index (χ1) is 12.1. The standard InChI is InChI=1S/C16H19N5O4/c1-25-15-5-3-2-4-13(15)14-9-17-6-7-20(14)16(22)11-19-10-12(8-18-19)21(23)24/h2-5,8,10,14,17H,6-7,9,11H2,1H3. The number of nitro groups is 1. The number of carbonyl (C=O) groups is 1. The number of rotatable bonds is 5. The van der Waals surface area contributed by atoms with Gasteiger partial charge in [-0.15, -0.1) is 0 Å². The smallest absolute Gasteiger partial charge is 0.307 e. The summed E-state index contributed by atoms with van der Waals surface area (Å²) in [7, 11) is 1.60. The van der Waals surface area contributed by atoms with Crippen LogP contribution in [0.4, 0.5) is 5.69 Å². The third-order valence-corrected chi connectivity index (χ3v) is 4.19. The van der Waals surface area contributed by atoms with E-state index >= 15 is 0 Å². The molecule has 1 atom stereocenters. The number of hydrogen-bond acceptors (Lipinski definition) is 6. The molecule has 1 aromatic heterocycles. The molecule has 0 bridgehead atoms. The topological polar surface area (TPSA) is 103 Å². The maximum absolute atomic E-state index is 12.8. The average molecular weight is 345 g/mol. The minimum atomic E-state index is -0.531. The van der Waals surface area contributed by atoms with Crippen molar-refractivity contribution in [3.8, 4) is 5.75 Å². The minimum absolute atomic E-state index is 0.0422. The molecule has 0 spiro atoms. The van der Waals surface area contributed by atoms with E-state index in [1.807, 2.05) is 24.3 Å². The van der Waals surface area contributed by atoms with Gasteiger partial charge in [0.05, 0.1) is 18.1 Å². The predicted octanol–water partition coefficient (Wildman–Crippen LogP) is 0.973. The lowest BCUT2D eigenvalue weighted by atomic mass is 10.0. The average Bonchev–Trinajstić information content (AvgIpc) is 3.10. The molecule has 1 fully saturated rings. The minimum Gasteiger partial charge on any atom is -0.496 e. The number of ether oxygens (including phenoxy) is 1. The van der Waals surface area contributed by atoms with Crippen LogP contribution in [0.1, 0.15) is 11.6 Å². The molecule has 1 N–H and O–H groups in total.